The van der Waals surface area contributed by atoms with Crippen molar-refractivity contribution in [1.82, 2.24) is 0 Å². The molecule has 9 heavy (non-hydrogen) atoms. The zero-order chi connectivity index (χ0) is 7.86. The van der Waals surface area contributed by atoms with Gasteiger partial charge in [0.2, 0.25) is 0 Å². The fourth-order valence-corrected chi connectivity index (χ4v) is 0. The van der Waals surface area contributed by atoms with Gasteiger partial charge in [-0.25, -0.2) is 0 Å². The highest BCUT2D eigenvalue weighted by Gasteiger charge is 1.64. The van der Waals surface area contributed by atoms with Gasteiger partial charge in [-0.1, -0.05) is 36.4 Å². The van der Waals surface area contributed by atoms with Gasteiger partial charge in [0.25, 0.3) is 0 Å². The van der Waals surface area contributed by atoms with Crippen molar-refractivity contribution in [2.75, 3.05) is 0 Å². The quantitative estimate of drug-likeness (QED) is 0.504. The molecule has 0 aromatic carbocycles. The van der Waals surface area contributed by atoms with E-state index in [0.717, 1.165) is 0 Å². The molecule has 0 aliphatic rings. The van der Waals surface area contributed by atoms with Crippen molar-refractivity contribution in [2.45, 2.75) is 6.92 Å². The van der Waals surface area contributed by atoms with Crippen LogP contribution in [0.15, 0.2) is 23.2 Å². The van der Waals surface area contributed by atoms with Gasteiger partial charge in [-0.05, 0) is 6.92 Å². The fraction of sp³-hybridized carbons (Fsp3) is 0.167. The van der Waals surface area contributed by atoms with E-state index in [1.54, 1.807) is 6.92 Å². The SMILES string of the molecule is C=C(C)C#N.C=C(Cl)Cl. The third-order valence-corrected chi connectivity index (χ3v) is 0.191. The molecule has 50 valence electrons. The van der Waals surface area contributed by atoms with Crippen LogP contribution in [0.25, 0.3) is 0 Å². The Hall–Kier alpha value is -0.450. The van der Waals surface area contributed by atoms with Gasteiger partial charge in [-0.3, -0.25) is 0 Å². The van der Waals surface area contributed by atoms with Crippen molar-refractivity contribution in [3.05, 3.63) is 23.2 Å². The van der Waals surface area contributed by atoms with Crippen molar-refractivity contribution in [3.8, 4) is 6.07 Å². The van der Waals surface area contributed by atoms with E-state index in [1.807, 2.05) is 6.07 Å². The lowest BCUT2D eigenvalue weighted by Gasteiger charge is -1.61. The Kier molecular flexibility index (Phi) is 9.53. The maximum atomic E-state index is 7.79. The second-order valence-corrected chi connectivity index (χ2v) is 2.34. The molecule has 0 spiro atoms. The molecule has 0 aromatic heterocycles. The molecule has 0 N–H and O–H groups in total. The van der Waals surface area contributed by atoms with Crippen molar-refractivity contribution in [3.63, 3.8) is 0 Å². The minimum atomic E-state index is 0.111. The maximum absolute atomic E-state index is 7.79. The minimum Gasteiger partial charge on any atom is -0.193 e. The number of rotatable bonds is 0. The normalized spacial score (nSPS) is 6.00. The van der Waals surface area contributed by atoms with Crippen LogP contribution >= 0.6 is 23.2 Å². The topological polar surface area (TPSA) is 23.8 Å². The highest BCUT2D eigenvalue weighted by molar-refractivity contribution is 6.55. The molecule has 0 aromatic rings. The third kappa shape index (κ3) is 96.8. The van der Waals surface area contributed by atoms with E-state index in [1.165, 1.54) is 0 Å². The summed E-state index contributed by atoms with van der Waals surface area (Å²) in [5.41, 5.74) is 0.560. The van der Waals surface area contributed by atoms with Gasteiger partial charge < -0.3 is 0 Å². The van der Waals surface area contributed by atoms with E-state index in [-0.39, 0.29) is 4.49 Å². The highest BCUT2D eigenvalue weighted by atomic mass is 35.5. The predicted molar refractivity (Wildman–Crippen MR) is 41.3 cm³/mol. The van der Waals surface area contributed by atoms with Crippen molar-refractivity contribution < 1.29 is 0 Å². The van der Waals surface area contributed by atoms with E-state index in [2.05, 4.69) is 13.2 Å². The lowest BCUT2D eigenvalue weighted by Crippen LogP contribution is -1.51. The molecule has 0 aliphatic carbocycles. The Morgan fingerprint density at radius 2 is 1.56 bits per heavy atom. The van der Waals surface area contributed by atoms with E-state index < -0.39 is 0 Å². The summed E-state index contributed by atoms with van der Waals surface area (Å²) in [7, 11) is 0. The van der Waals surface area contributed by atoms with E-state index in [4.69, 9.17) is 28.5 Å². The molecule has 3 heteroatoms. The summed E-state index contributed by atoms with van der Waals surface area (Å²) >= 11 is 9.69. The van der Waals surface area contributed by atoms with Crippen LogP contribution in [0, 0.1) is 11.3 Å². The Morgan fingerprint density at radius 3 is 1.56 bits per heavy atom. The van der Waals surface area contributed by atoms with Crippen LogP contribution in [0.2, 0.25) is 0 Å². The Balaban J connectivity index is 0. The second kappa shape index (κ2) is 7.55. The molecule has 0 bridgehead atoms. The molecule has 0 radical (unpaired) electrons. The maximum Gasteiger partial charge on any atom is 0.0992 e. The number of allylic oxidation sites excluding steroid dienone is 1. The van der Waals surface area contributed by atoms with Crippen molar-refractivity contribution >= 4 is 23.2 Å². The standard InChI is InChI=1S/C4H5N.C2H2Cl2/c1-4(2)3-5;1-2(3)4/h1H2,2H3;1H2. The number of hydrogen-bond acceptors (Lipinski definition) is 1. The van der Waals surface area contributed by atoms with E-state index in [0.29, 0.717) is 5.57 Å². The van der Waals surface area contributed by atoms with Crippen LogP contribution in [0.4, 0.5) is 0 Å². The van der Waals surface area contributed by atoms with Crippen LogP contribution < -0.4 is 0 Å². The largest absolute Gasteiger partial charge is 0.193 e. The molecule has 0 aliphatic heterocycles. The molecular weight excluding hydrogens is 157 g/mol. The molecular formula is C6H7Cl2N. The summed E-state index contributed by atoms with van der Waals surface area (Å²) < 4.78 is 0.111. The van der Waals surface area contributed by atoms with Crippen LogP contribution in [0.5, 0.6) is 0 Å². The third-order valence-electron chi connectivity index (χ3n) is 0.191. The average Bonchev–Trinajstić information content (AvgIpc) is 1.65. The van der Waals surface area contributed by atoms with Gasteiger partial charge in [-0.2, -0.15) is 5.26 Å². The van der Waals surface area contributed by atoms with Crippen LogP contribution in [0.1, 0.15) is 6.92 Å². The van der Waals surface area contributed by atoms with Crippen LogP contribution in [-0.2, 0) is 0 Å². The highest BCUT2D eigenvalue weighted by Crippen LogP contribution is 1.98. The molecule has 1 nitrogen and oxygen atoms in total. The molecule has 0 unspecified atom stereocenters. The van der Waals surface area contributed by atoms with Gasteiger partial charge in [0.05, 0.1) is 10.6 Å². The minimum absolute atomic E-state index is 0.111. The summed E-state index contributed by atoms with van der Waals surface area (Å²) in [6.07, 6.45) is 0. The first-order valence-electron chi connectivity index (χ1n) is 2.06. The van der Waals surface area contributed by atoms with Crippen molar-refractivity contribution in [2.24, 2.45) is 0 Å². The number of halogens is 2. The molecule has 0 amide bonds. The summed E-state index contributed by atoms with van der Waals surface area (Å²) in [6.45, 7) is 8.07. The fourth-order valence-electron chi connectivity index (χ4n) is 0. The van der Waals surface area contributed by atoms with Gasteiger partial charge >= 0.3 is 0 Å². The summed E-state index contributed by atoms with van der Waals surface area (Å²) in [5, 5.41) is 7.79. The predicted octanol–water partition coefficient (Wildman–Crippen LogP) is 3.02. The smallest absolute Gasteiger partial charge is 0.0992 e. The molecule has 0 rings (SSSR count). The van der Waals surface area contributed by atoms with Gasteiger partial charge in [-0.15, -0.1) is 0 Å². The van der Waals surface area contributed by atoms with Crippen LogP contribution in [-0.4, -0.2) is 0 Å². The number of hydrogen-bond donors (Lipinski definition) is 0. The Bertz CT molecular complexity index is 140. The Morgan fingerprint density at radius 1 is 1.44 bits per heavy atom. The summed E-state index contributed by atoms with van der Waals surface area (Å²) in [5.74, 6) is 0. The van der Waals surface area contributed by atoms with Crippen molar-refractivity contribution in [1.29, 1.82) is 5.26 Å². The second-order valence-electron chi connectivity index (χ2n) is 1.23. The van der Waals surface area contributed by atoms with Crippen LogP contribution in [0.3, 0.4) is 0 Å². The first-order valence-corrected chi connectivity index (χ1v) is 2.81. The molecule has 0 heterocycles. The van der Waals surface area contributed by atoms with E-state index in [9.17, 15) is 0 Å². The van der Waals surface area contributed by atoms with E-state index >= 15 is 0 Å². The molecule has 0 atom stereocenters. The average molecular weight is 164 g/mol. The first kappa shape index (κ1) is 11.4. The number of nitrogens with zero attached hydrogens (tertiary/aromatic N) is 1. The molecule has 0 saturated carbocycles. The Labute approximate surface area is 65.2 Å². The lowest BCUT2D eigenvalue weighted by molar-refractivity contribution is 1.46. The lowest BCUT2D eigenvalue weighted by atomic mass is 10.4. The number of nitriles is 1. The summed E-state index contributed by atoms with van der Waals surface area (Å²) in [4.78, 5) is 0. The summed E-state index contributed by atoms with van der Waals surface area (Å²) in [6, 6.07) is 1.83. The first-order chi connectivity index (χ1) is 4.00. The zero-order valence-electron chi connectivity index (χ0n) is 5.12. The monoisotopic (exact) mass is 163 g/mol. The van der Waals surface area contributed by atoms with Gasteiger partial charge in [0, 0.05) is 5.57 Å². The zero-order valence-corrected chi connectivity index (χ0v) is 6.63. The van der Waals surface area contributed by atoms with Gasteiger partial charge in [0.1, 0.15) is 0 Å². The molecule has 0 saturated heterocycles. The van der Waals surface area contributed by atoms with Gasteiger partial charge in [0.15, 0.2) is 0 Å². The molecule has 0 fully saturated rings.